The predicted molar refractivity (Wildman–Crippen MR) is 108 cm³/mol. The van der Waals surface area contributed by atoms with E-state index in [1.165, 1.54) is 12.5 Å². The maximum Gasteiger partial charge on any atom is 0.344 e. The molecular formula is C21H29N3O4. The molecule has 1 aromatic heterocycles. The van der Waals surface area contributed by atoms with Crippen molar-refractivity contribution < 1.29 is 19.1 Å². The van der Waals surface area contributed by atoms with E-state index >= 15 is 0 Å². The molecule has 0 fully saturated rings. The maximum absolute atomic E-state index is 12.3. The van der Waals surface area contributed by atoms with Gasteiger partial charge in [0.2, 0.25) is 0 Å². The van der Waals surface area contributed by atoms with E-state index in [9.17, 15) is 9.59 Å². The van der Waals surface area contributed by atoms with Crippen LogP contribution in [0.25, 0.3) is 0 Å². The van der Waals surface area contributed by atoms with Crippen molar-refractivity contribution >= 4 is 17.7 Å². The van der Waals surface area contributed by atoms with E-state index in [1.54, 1.807) is 16.9 Å². The first-order valence-corrected chi connectivity index (χ1v) is 9.46. The number of amides is 1. The van der Waals surface area contributed by atoms with Gasteiger partial charge >= 0.3 is 5.97 Å². The molecule has 1 aromatic carbocycles. The van der Waals surface area contributed by atoms with E-state index in [1.807, 2.05) is 39.0 Å². The topological polar surface area (TPSA) is 82.4 Å². The van der Waals surface area contributed by atoms with E-state index < -0.39 is 18.0 Å². The fraction of sp³-hybridized carbons (Fsp3) is 0.476. The SMILES string of the molecule is Cc1cc(OCC(=O)O[C@H](C)C(=O)Nc2ccnn2C(C)C)ccc1C(C)C. The van der Waals surface area contributed by atoms with Gasteiger partial charge in [0, 0.05) is 12.1 Å². The number of aromatic nitrogens is 2. The van der Waals surface area contributed by atoms with E-state index in [-0.39, 0.29) is 12.6 Å². The van der Waals surface area contributed by atoms with Gasteiger partial charge in [-0.25, -0.2) is 9.48 Å². The molecule has 2 rings (SSSR count). The maximum atomic E-state index is 12.3. The van der Waals surface area contributed by atoms with Crippen LogP contribution in [0, 0.1) is 6.92 Å². The highest BCUT2D eigenvalue weighted by molar-refractivity contribution is 5.94. The molecule has 0 aliphatic heterocycles. The summed E-state index contributed by atoms with van der Waals surface area (Å²) in [6, 6.07) is 7.51. The van der Waals surface area contributed by atoms with Crippen LogP contribution >= 0.6 is 0 Å². The van der Waals surface area contributed by atoms with Gasteiger partial charge in [0.15, 0.2) is 12.7 Å². The first-order valence-electron chi connectivity index (χ1n) is 9.46. The van der Waals surface area contributed by atoms with Gasteiger partial charge in [-0.1, -0.05) is 19.9 Å². The number of carbonyl (C=O) groups is 2. The second-order valence-electron chi connectivity index (χ2n) is 7.34. The molecule has 2 aromatic rings. The van der Waals surface area contributed by atoms with Crippen LogP contribution in [0.5, 0.6) is 5.75 Å². The highest BCUT2D eigenvalue weighted by Crippen LogP contribution is 2.23. The summed E-state index contributed by atoms with van der Waals surface area (Å²) in [7, 11) is 0. The number of esters is 1. The van der Waals surface area contributed by atoms with Gasteiger partial charge in [-0.3, -0.25) is 4.79 Å². The Labute approximate surface area is 166 Å². The third kappa shape index (κ3) is 5.58. The van der Waals surface area contributed by atoms with Gasteiger partial charge in [0.05, 0.1) is 6.20 Å². The molecule has 152 valence electrons. The molecule has 28 heavy (non-hydrogen) atoms. The standard InChI is InChI=1S/C21H29N3O4/c1-13(2)18-8-7-17(11-15(18)5)27-12-20(25)28-16(6)21(26)23-19-9-10-22-24(19)14(3)4/h7-11,13-14,16H,12H2,1-6H3,(H,23,26)/t16-/m1/s1. The lowest BCUT2D eigenvalue weighted by atomic mass is 9.98. The summed E-state index contributed by atoms with van der Waals surface area (Å²) in [5.41, 5.74) is 2.34. The van der Waals surface area contributed by atoms with Gasteiger partial charge in [-0.2, -0.15) is 5.10 Å². The number of rotatable bonds is 8. The van der Waals surface area contributed by atoms with Gasteiger partial charge in [-0.15, -0.1) is 0 Å². The number of carbonyl (C=O) groups excluding carboxylic acids is 2. The zero-order valence-electron chi connectivity index (χ0n) is 17.4. The number of hydrogen-bond donors (Lipinski definition) is 1. The summed E-state index contributed by atoms with van der Waals surface area (Å²) in [6.45, 7) is 11.4. The smallest absolute Gasteiger partial charge is 0.344 e. The molecule has 7 nitrogen and oxygen atoms in total. The minimum Gasteiger partial charge on any atom is -0.482 e. The molecule has 0 radical (unpaired) electrons. The molecule has 0 unspecified atom stereocenters. The molecule has 0 bridgehead atoms. The molecule has 0 saturated carbocycles. The quantitative estimate of drug-likeness (QED) is 0.696. The summed E-state index contributed by atoms with van der Waals surface area (Å²) in [5.74, 6) is 0.542. The summed E-state index contributed by atoms with van der Waals surface area (Å²) in [5, 5.41) is 6.87. The van der Waals surface area contributed by atoms with Crippen molar-refractivity contribution in [2.75, 3.05) is 11.9 Å². The number of anilines is 1. The van der Waals surface area contributed by atoms with Crippen LogP contribution in [0.4, 0.5) is 5.82 Å². The highest BCUT2D eigenvalue weighted by atomic mass is 16.6. The van der Waals surface area contributed by atoms with Gasteiger partial charge in [0.1, 0.15) is 11.6 Å². The van der Waals surface area contributed by atoms with E-state index in [2.05, 4.69) is 24.3 Å². The van der Waals surface area contributed by atoms with Crippen LogP contribution < -0.4 is 10.1 Å². The van der Waals surface area contributed by atoms with E-state index in [0.29, 0.717) is 17.5 Å². The van der Waals surface area contributed by atoms with E-state index in [0.717, 1.165) is 5.56 Å². The van der Waals surface area contributed by atoms with Crippen molar-refractivity contribution in [1.29, 1.82) is 0 Å². The Balaban J connectivity index is 1.86. The Morgan fingerprint density at radius 1 is 1.14 bits per heavy atom. The summed E-state index contributed by atoms with van der Waals surface area (Å²) < 4.78 is 12.3. The van der Waals surface area contributed by atoms with Crippen molar-refractivity contribution in [3.05, 3.63) is 41.6 Å². The highest BCUT2D eigenvalue weighted by Gasteiger charge is 2.20. The average Bonchev–Trinajstić information content (AvgIpc) is 3.08. The first kappa shape index (κ1) is 21.5. The lowest BCUT2D eigenvalue weighted by Crippen LogP contribution is -2.32. The Morgan fingerprint density at radius 3 is 2.46 bits per heavy atom. The molecule has 1 amide bonds. The molecular weight excluding hydrogens is 358 g/mol. The van der Waals surface area contributed by atoms with Crippen LogP contribution in [-0.2, 0) is 14.3 Å². The van der Waals surface area contributed by atoms with Gasteiger partial charge in [0.25, 0.3) is 5.91 Å². The predicted octanol–water partition coefficient (Wildman–Crippen LogP) is 3.85. The van der Waals surface area contributed by atoms with Crippen molar-refractivity contribution in [1.82, 2.24) is 9.78 Å². The van der Waals surface area contributed by atoms with Crippen LogP contribution in [0.3, 0.4) is 0 Å². The summed E-state index contributed by atoms with van der Waals surface area (Å²) in [4.78, 5) is 24.3. The lowest BCUT2D eigenvalue weighted by Gasteiger charge is -2.16. The van der Waals surface area contributed by atoms with Crippen LogP contribution in [0.15, 0.2) is 30.5 Å². The fourth-order valence-electron chi connectivity index (χ4n) is 2.87. The normalized spacial score (nSPS) is 12.1. The number of hydrogen-bond acceptors (Lipinski definition) is 5. The molecule has 1 atom stereocenters. The van der Waals surface area contributed by atoms with E-state index in [4.69, 9.17) is 9.47 Å². The summed E-state index contributed by atoms with van der Waals surface area (Å²) >= 11 is 0. The number of ether oxygens (including phenoxy) is 2. The van der Waals surface area contributed by atoms with Gasteiger partial charge < -0.3 is 14.8 Å². The van der Waals surface area contributed by atoms with Crippen LogP contribution in [0.1, 0.15) is 57.7 Å². The third-order valence-corrected chi connectivity index (χ3v) is 4.31. The second kappa shape index (κ2) is 9.39. The largest absolute Gasteiger partial charge is 0.482 e. The number of nitrogens with one attached hydrogen (secondary N) is 1. The first-order chi connectivity index (χ1) is 13.2. The minimum absolute atomic E-state index is 0.0992. The summed E-state index contributed by atoms with van der Waals surface area (Å²) in [6.07, 6.45) is 0.656. The molecule has 0 aliphatic carbocycles. The zero-order valence-corrected chi connectivity index (χ0v) is 17.4. The second-order valence-corrected chi connectivity index (χ2v) is 7.34. The number of aryl methyl sites for hydroxylation is 1. The average molecular weight is 387 g/mol. The molecule has 0 aliphatic rings. The van der Waals surface area contributed by atoms with Crippen molar-refractivity contribution in [3.63, 3.8) is 0 Å². The van der Waals surface area contributed by atoms with Crippen LogP contribution in [0.2, 0.25) is 0 Å². The monoisotopic (exact) mass is 387 g/mol. The zero-order chi connectivity index (χ0) is 20.8. The minimum atomic E-state index is -0.948. The van der Waals surface area contributed by atoms with Gasteiger partial charge in [-0.05, 0) is 56.9 Å². The Kier molecular flexibility index (Phi) is 7.20. The molecule has 7 heteroatoms. The van der Waals surface area contributed by atoms with Crippen LogP contribution in [-0.4, -0.2) is 34.4 Å². The van der Waals surface area contributed by atoms with Crippen molar-refractivity contribution in [2.24, 2.45) is 0 Å². The van der Waals surface area contributed by atoms with Crippen molar-refractivity contribution in [3.8, 4) is 5.75 Å². The number of nitrogens with zero attached hydrogens (tertiary/aromatic N) is 2. The lowest BCUT2D eigenvalue weighted by molar-refractivity contribution is -0.155. The Morgan fingerprint density at radius 2 is 1.86 bits per heavy atom. The van der Waals surface area contributed by atoms with Crippen molar-refractivity contribution in [2.45, 2.75) is 59.6 Å². The fourth-order valence-corrected chi connectivity index (χ4v) is 2.87. The Bertz CT molecular complexity index is 827. The number of benzene rings is 1. The Hall–Kier alpha value is -2.83. The molecule has 0 saturated heterocycles. The molecule has 0 spiro atoms. The third-order valence-electron chi connectivity index (χ3n) is 4.31. The molecule has 1 N–H and O–H groups in total. The molecule has 1 heterocycles.